The summed E-state index contributed by atoms with van der Waals surface area (Å²) in [5.41, 5.74) is 0. The Balaban J connectivity index is 3.34. The molecule has 1 N–H and O–H groups in total. The average molecular weight is 158 g/mol. The number of ketones is 1. The van der Waals surface area contributed by atoms with Gasteiger partial charge < -0.3 is 4.89 Å². The minimum Gasteiger partial charge on any atom is -0.301 e. The second-order valence-corrected chi connectivity index (χ2v) is 1.99. The predicted octanol–water partition coefficient (Wildman–Crippen LogP) is 0.928. The number of hydrogen-bond acceptors (Lipinski definition) is 4. The molecule has 0 fully saturated rings. The molecule has 0 aromatic carbocycles. The third kappa shape index (κ3) is 5.29. The van der Waals surface area contributed by atoms with Gasteiger partial charge in [0.2, 0.25) is 0 Å². The lowest BCUT2D eigenvalue weighted by Gasteiger charge is -1.93. The molecule has 0 aliphatic heterocycles. The first-order chi connectivity index (χ1) is 5.20. The fourth-order valence-electron chi connectivity index (χ4n) is 0.555. The van der Waals surface area contributed by atoms with Gasteiger partial charge in [0.05, 0.1) is 0 Å². The first-order valence-corrected chi connectivity index (χ1v) is 3.20. The Labute approximate surface area is 64.4 Å². The van der Waals surface area contributed by atoms with Crippen LogP contribution in [-0.2, 0) is 14.5 Å². The van der Waals surface area contributed by atoms with Crippen LogP contribution in [-0.4, -0.2) is 17.0 Å². The molecule has 0 aromatic heterocycles. The van der Waals surface area contributed by atoms with Crippen molar-refractivity contribution < 1.29 is 19.7 Å². The van der Waals surface area contributed by atoms with E-state index in [9.17, 15) is 9.59 Å². The maximum atomic E-state index is 10.5. The van der Waals surface area contributed by atoms with E-state index in [-0.39, 0.29) is 18.6 Å². The molecule has 11 heavy (non-hydrogen) atoms. The average Bonchev–Trinajstić information content (AvgIpc) is 2.04. The predicted molar refractivity (Wildman–Crippen MR) is 37.8 cm³/mol. The van der Waals surface area contributed by atoms with Crippen LogP contribution in [0.25, 0.3) is 0 Å². The van der Waals surface area contributed by atoms with Gasteiger partial charge in [-0.1, -0.05) is 6.58 Å². The molecule has 0 heterocycles. The molecule has 0 aromatic rings. The van der Waals surface area contributed by atoms with E-state index >= 15 is 0 Å². The molecule has 4 heteroatoms. The number of rotatable bonds is 5. The van der Waals surface area contributed by atoms with Crippen LogP contribution in [0.3, 0.4) is 0 Å². The highest BCUT2D eigenvalue weighted by Crippen LogP contribution is 1.97. The van der Waals surface area contributed by atoms with Gasteiger partial charge in [-0.2, -0.15) is 5.26 Å². The molecule has 0 amide bonds. The SMILES string of the molecule is C=CC(=O)CCCC(=O)OO. The standard InChI is InChI=1S/C7H10O4/c1-2-6(8)4-3-5-7(9)11-10/h2,10H,1,3-5H2. The summed E-state index contributed by atoms with van der Waals surface area (Å²) in [7, 11) is 0. The van der Waals surface area contributed by atoms with Crippen molar-refractivity contribution in [2.45, 2.75) is 19.3 Å². The summed E-state index contributed by atoms with van der Waals surface area (Å²) in [5, 5.41) is 7.80. The lowest BCUT2D eigenvalue weighted by atomic mass is 10.2. The zero-order chi connectivity index (χ0) is 8.69. The van der Waals surface area contributed by atoms with Crippen molar-refractivity contribution in [3.05, 3.63) is 12.7 Å². The molecule has 0 unspecified atom stereocenters. The van der Waals surface area contributed by atoms with Gasteiger partial charge in [0.1, 0.15) is 0 Å². The fraction of sp³-hybridized carbons (Fsp3) is 0.429. The maximum Gasteiger partial charge on any atom is 0.342 e. The van der Waals surface area contributed by atoms with Crippen molar-refractivity contribution in [3.8, 4) is 0 Å². The third-order valence-corrected chi connectivity index (χ3v) is 1.13. The van der Waals surface area contributed by atoms with Crippen LogP contribution >= 0.6 is 0 Å². The van der Waals surface area contributed by atoms with Crippen molar-refractivity contribution in [1.82, 2.24) is 0 Å². The van der Waals surface area contributed by atoms with Crippen LogP contribution in [0.5, 0.6) is 0 Å². The van der Waals surface area contributed by atoms with E-state index in [0.717, 1.165) is 0 Å². The van der Waals surface area contributed by atoms with Crippen molar-refractivity contribution in [1.29, 1.82) is 0 Å². The third-order valence-electron chi connectivity index (χ3n) is 1.13. The van der Waals surface area contributed by atoms with Crippen molar-refractivity contribution in [2.75, 3.05) is 0 Å². The second-order valence-electron chi connectivity index (χ2n) is 1.99. The molecule has 4 nitrogen and oxygen atoms in total. The van der Waals surface area contributed by atoms with Crippen LogP contribution in [0.2, 0.25) is 0 Å². The van der Waals surface area contributed by atoms with Crippen LogP contribution in [0, 0.1) is 0 Å². The molecule has 0 aliphatic rings. The smallest absolute Gasteiger partial charge is 0.301 e. The Morgan fingerprint density at radius 3 is 2.55 bits per heavy atom. The molecular weight excluding hydrogens is 148 g/mol. The van der Waals surface area contributed by atoms with Gasteiger partial charge in [-0.05, 0) is 12.5 Å². The number of carbonyl (C=O) groups is 2. The highest BCUT2D eigenvalue weighted by Gasteiger charge is 2.02. The Bertz CT molecular complexity index is 162. The molecule has 0 aliphatic carbocycles. The zero-order valence-electron chi connectivity index (χ0n) is 6.08. The highest BCUT2D eigenvalue weighted by atomic mass is 17.1. The highest BCUT2D eigenvalue weighted by molar-refractivity contribution is 5.89. The van der Waals surface area contributed by atoms with E-state index in [4.69, 9.17) is 5.26 Å². The summed E-state index contributed by atoms with van der Waals surface area (Å²) in [6.45, 7) is 3.26. The molecule has 0 bridgehead atoms. The minimum absolute atomic E-state index is 0.0517. The van der Waals surface area contributed by atoms with E-state index in [1.807, 2.05) is 0 Å². The van der Waals surface area contributed by atoms with Crippen LogP contribution in [0.4, 0.5) is 0 Å². The number of carbonyl (C=O) groups excluding carboxylic acids is 2. The largest absolute Gasteiger partial charge is 0.342 e. The summed E-state index contributed by atoms with van der Waals surface area (Å²) in [5.74, 6) is -0.836. The molecule has 0 spiro atoms. The summed E-state index contributed by atoms with van der Waals surface area (Å²) >= 11 is 0. The Morgan fingerprint density at radius 1 is 1.45 bits per heavy atom. The lowest BCUT2D eigenvalue weighted by Crippen LogP contribution is -2.01. The number of allylic oxidation sites excluding steroid dienone is 1. The zero-order valence-corrected chi connectivity index (χ0v) is 6.08. The molecule has 0 saturated carbocycles. The second kappa shape index (κ2) is 5.61. The molecular formula is C7H10O4. The van der Waals surface area contributed by atoms with E-state index in [2.05, 4.69) is 11.5 Å². The van der Waals surface area contributed by atoms with E-state index in [1.165, 1.54) is 6.08 Å². The van der Waals surface area contributed by atoms with Gasteiger partial charge >= 0.3 is 5.97 Å². The van der Waals surface area contributed by atoms with Crippen LogP contribution in [0.1, 0.15) is 19.3 Å². The first-order valence-electron chi connectivity index (χ1n) is 3.20. The molecule has 0 rings (SSSR count). The molecule has 62 valence electrons. The Hall–Kier alpha value is -1.16. The maximum absolute atomic E-state index is 10.5. The number of hydrogen-bond donors (Lipinski definition) is 1. The fourth-order valence-corrected chi connectivity index (χ4v) is 0.555. The van der Waals surface area contributed by atoms with Crippen molar-refractivity contribution >= 4 is 11.8 Å². The minimum atomic E-state index is -0.720. The normalized spacial score (nSPS) is 8.82. The summed E-state index contributed by atoms with van der Waals surface area (Å²) in [4.78, 5) is 24.2. The Morgan fingerprint density at radius 2 is 2.09 bits per heavy atom. The van der Waals surface area contributed by atoms with Crippen LogP contribution in [0.15, 0.2) is 12.7 Å². The Kier molecular flexibility index (Phi) is 5.02. The van der Waals surface area contributed by atoms with Crippen molar-refractivity contribution in [3.63, 3.8) is 0 Å². The van der Waals surface area contributed by atoms with Gasteiger partial charge in [-0.15, -0.1) is 0 Å². The summed E-state index contributed by atoms with van der Waals surface area (Å²) in [6.07, 6.45) is 1.89. The topological polar surface area (TPSA) is 63.6 Å². The van der Waals surface area contributed by atoms with Crippen molar-refractivity contribution in [2.24, 2.45) is 0 Å². The van der Waals surface area contributed by atoms with Gasteiger partial charge in [0, 0.05) is 12.8 Å². The molecule has 0 radical (unpaired) electrons. The van der Waals surface area contributed by atoms with E-state index in [1.54, 1.807) is 0 Å². The van der Waals surface area contributed by atoms with Gasteiger partial charge in [0.25, 0.3) is 0 Å². The van der Waals surface area contributed by atoms with E-state index in [0.29, 0.717) is 6.42 Å². The van der Waals surface area contributed by atoms with Gasteiger partial charge in [-0.3, -0.25) is 4.79 Å². The monoisotopic (exact) mass is 158 g/mol. The van der Waals surface area contributed by atoms with Crippen LogP contribution < -0.4 is 0 Å². The van der Waals surface area contributed by atoms with E-state index < -0.39 is 5.97 Å². The summed E-state index contributed by atoms with van der Waals surface area (Å²) < 4.78 is 0. The molecule has 0 saturated heterocycles. The quantitative estimate of drug-likeness (QED) is 0.367. The molecule has 0 atom stereocenters. The summed E-state index contributed by atoms with van der Waals surface area (Å²) in [6, 6.07) is 0. The lowest BCUT2D eigenvalue weighted by molar-refractivity contribution is -0.234. The first kappa shape index (κ1) is 9.84. The van der Waals surface area contributed by atoms with Gasteiger partial charge in [-0.25, -0.2) is 4.79 Å². The van der Waals surface area contributed by atoms with Gasteiger partial charge in [0.15, 0.2) is 5.78 Å².